The predicted octanol–water partition coefficient (Wildman–Crippen LogP) is 3.80. The van der Waals surface area contributed by atoms with Gasteiger partial charge in [0, 0.05) is 18.3 Å². The van der Waals surface area contributed by atoms with Gasteiger partial charge in [-0.05, 0) is 56.4 Å². The van der Waals surface area contributed by atoms with Crippen LogP contribution in [0.15, 0.2) is 12.3 Å². The van der Waals surface area contributed by atoms with Gasteiger partial charge < -0.3 is 5.73 Å². The lowest BCUT2D eigenvalue weighted by atomic mass is 9.65. The number of rotatable bonds is 4. The Kier molecular flexibility index (Phi) is 4.58. The zero-order valence-corrected chi connectivity index (χ0v) is 13.8. The number of hydrogen-bond acceptors (Lipinski definition) is 2. The third-order valence-electron chi connectivity index (χ3n) is 4.99. The fraction of sp³-hybridized carbons (Fsp3) is 0.824. The van der Waals surface area contributed by atoms with Crippen molar-refractivity contribution in [2.75, 3.05) is 0 Å². The summed E-state index contributed by atoms with van der Waals surface area (Å²) in [5, 5.41) is 4.71. The molecule has 1 aromatic heterocycles. The molecule has 0 radical (unpaired) electrons. The minimum atomic E-state index is 0.232. The fourth-order valence-corrected chi connectivity index (χ4v) is 3.75. The van der Waals surface area contributed by atoms with Gasteiger partial charge in [0.1, 0.15) is 0 Å². The predicted molar refractivity (Wildman–Crippen MR) is 84.6 cm³/mol. The van der Waals surface area contributed by atoms with Crippen molar-refractivity contribution in [3.05, 3.63) is 18.0 Å². The maximum Gasteiger partial charge on any atom is 0.0630 e. The number of hydrogen-bond donors (Lipinski definition) is 1. The summed E-state index contributed by atoms with van der Waals surface area (Å²) in [5.74, 6) is 1.40. The summed E-state index contributed by atoms with van der Waals surface area (Å²) in [6.07, 6.45) is 6.88. The van der Waals surface area contributed by atoms with E-state index < -0.39 is 0 Å². The van der Waals surface area contributed by atoms with Crippen LogP contribution in [0.25, 0.3) is 0 Å². The smallest absolute Gasteiger partial charge is 0.0630 e. The average Bonchev–Trinajstić information content (AvgIpc) is 2.76. The first-order valence-corrected chi connectivity index (χ1v) is 8.09. The van der Waals surface area contributed by atoms with E-state index in [0.717, 1.165) is 12.3 Å². The molecule has 3 heteroatoms. The Hall–Kier alpha value is -0.830. The van der Waals surface area contributed by atoms with E-state index in [4.69, 9.17) is 10.8 Å². The standard InChI is InChI=1S/C17H31N3/c1-12(2)20-9-8-14(19-20)11-17(4,5)15-7-6-13(3)10-16(15)18/h8-9,12-13,15-16H,6-7,10-11,18H2,1-5H3. The summed E-state index contributed by atoms with van der Waals surface area (Å²) < 4.78 is 2.05. The Balaban J connectivity index is 2.05. The lowest BCUT2D eigenvalue weighted by Crippen LogP contribution is -2.44. The summed E-state index contributed by atoms with van der Waals surface area (Å²) in [6.45, 7) is 11.4. The van der Waals surface area contributed by atoms with Crippen LogP contribution in [0.1, 0.15) is 65.6 Å². The molecule has 0 aromatic carbocycles. The molecule has 0 spiro atoms. The molecule has 1 aromatic rings. The van der Waals surface area contributed by atoms with E-state index in [9.17, 15) is 0 Å². The van der Waals surface area contributed by atoms with Crippen LogP contribution >= 0.6 is 0 Å². The molecule has 3 unspecified atom stereocenters. The highest BCUT2D eigenvalue weighted by molar-refractivity contribution is 5.05. The molecule has 1 aliphatic carbocycles. The van der Waals surface area contributed by atoms with Gasteiger partial charge in [-0.2, -0.15) is 5.10 Å². The highest BCUT2D eigenvalue weighted by Gasteiger charge is 2.37. The van der Waals surface area contributed by atoms with Crippen molar-refractivity contribution < 1.29 is 0 Å². The van der Waals surface area contributed by atoms with E-state index >= 15 is 0 Å². The van der Waals surface area contributed by atoms with Crippen molar-refractivity contribution in [3.63, 3.8) is 0 Å². The van der Waals surface area contributed by atoms with Crippen molar-refractivity contribution in [2.24, 2.45) is 23.0 Å². The zero-order chi connectivity index (χ0) is 14.9. The van der Waals surface area contributed by atoms with Gasteiger partial charge in [-0.3, -0.25) is 4.68 Å². The summed E-state index contributed by atoms with van der Waals surface area (Å²) >= 11 is 0. The van der Waals surface area contributed by atoms with Crippen molar-refractivity contribution >= 4 is 0 Å². The Morgan fingerprint density at radius 1 is 1.40 bits per heavy atom. The summed E-state index contributed by atoms with van der Waals surface area (Å²) in [5.41, 5.74) is 7.87. The molecular weight excluding hydrogens is 246 g/mol. The Bertz CT molecular complexity index is 433. The molecule has 1 aliphatic rings. The summed E-state index contributed by atoms with van der Waals surface area (Å²) in [7, 11) is 0. The van der Waals surface area contributed by atoms with Crippen LogP contribution in [0.2, 0.25) is 0 Å². The van der Waals surface area contributed by atoms with Crippen molar-refractivity contribution in [1.82, 2.24) is 9.78 Å². The van der Waals surface area contributed by atoms with Crippen LogP contribution in [-0.4, -0.2) is 15.8 Å². The van der Waals surface area contributed by atoms with E-state index in [-0.39, 0.29) is 5.41 Å². The van der Waals surface area contributed by atoms with Gasteiger partial charge in [0.05, 0.1) is 5.69 Å². The molecule has 3 atom stereocenters. The normalized spacial score (nSPS) is 28.1. The molecular formula is C17H31N3. The molecule has 1 fully saturated rings. The first kappa shape index (κ1) is 15.6. The lowest BCUT2D eigenvalue weighted by Gasteiger charge is -2.42. The largest absolute Gasteiger partial charge is 0.327 e. The van der Waals surface area contributed by atoms with Crippen molar-refractivity contribution in [1.29, 1.82) is 0 Å². The highest BCUT2D eigenvalue weighted by atomic mass is 15.3. The highest BCUT2D eigenvalue weighted by Crippen LogP contribution is 2.41. The van der Waals surface area contributed by atoms with Gasteiger partial charge in [-0.1, -0.05) is 27.2 Å². The third-order valence-corrected chi connectivity index (χ3v) is 4.99. The van der Waals surface area contributed by atoms with Gasteiger partial charge in [0.2, 0.25) is 0 Å². The molecule has 0 amide bonds. The molecule has 114 valence electrons. The van der Waals surface area contributed by atoms with Crippen LogP contribution in [0.5, 0.6) is 0 Å². The first-order valence-electron chi connectivity index (χ1n) is 8.09. The Morgan fingerprint density at radius 3 is 2.65 bits per heavy atom. The minimum absolute atomic E-state index is 0.232. The van der Waals surface area contributed by atoms with E-state index in [1.165, 1.54) is 25.0 Å². The second-order valence-corrected chi connectivity index (χ2v) is 7.73. The van der Waals surface area contributed by atoms with Gasteiger partial charge in [0.25, 0.3) is 0 Å². The quantitative estimate of drug-likeness (QED) is 0.909. The maximum atomic E-state index is 6.44. The van der Waals surface area contributed by atoms with Gasteiger partial charge >= 0.3 is 0 Å². The molecule has 2 rings (SSSR count). The molecule has 2 N–H and O–H groups in total. The fourth-order valence-electron chi connectivity index (χ4n) is 3.75. The molecule has 20 heavy (non-hydrogen) atoms. The monoisotopic (exact) mass is 277 g/mol. The number of aromatic nitrogens is 2. The zero-order valence-electron chi connectivity index (χ0n) is 13.8. The van der Waals surface area contributed by atoms with Gasteiger partial charge in [0.15, 0.2) is 0 Å². The van der Waals surface area contributed by atoms with Crippen LogP contribution in [0.3, 0.4) is 0 Å². The van der Waals surface area contributed by atoms with Crippen LogP contribution < -0.4 is 5.73 Å². The Morgan fingerprint density at radius 2 is 2.10 bits per heavy atom. The Labute approximate surface area is 123 Å². The van der Waals surface area contributed by atoms with E-state index in [1.807, 2.05) is 4.68 Å². The SMILES string of the molecule is CC1CCC(C(C)(C)Cc2ccn(C(C)C)n2)C(N)C1. The first-order chi connectivity index (χ1) is 9.29. The molecule has 3 nitrogen and oxygen atoms in total. The molecule has 0 aliphatic heterocycles. The molecule has 0 bridgehead atoms. The molecule has 1 saturated carbocycles. The number of nitrogens with two attached hydrogens (primary N) is 1. The van der Waals surface area contributed by atoms with Crippen LogP contribution in [-0.2, 0) is 6.42 Å². The van der Waals surface area contributed by atoms with Crippen LogP contribution in [0.4, 0.5) is 0 Å². The summed E-state index contributed by atoms with van der Waals surface area (Å²) in [6, 6.07) is 2.95. The van der Waals surface area contributed by atoms with Crippen molar-refractivity contribution in [3.8, 4) is 0 Å². The van der Waals surface area contributed by atoms with Crippen molar-refractivity contribution in [2.45, 2.75) is 72.4 Å². The second kappa shape index (κ2) is 5.88. The second-order valence-electron chi connectivity index (χ2n) is 7.73. The van der Waals surface area contributed by atoms with E-state index in [1.54, 1.807) is 0 Å². The van der Waals surface area contributed by atoms with Crippen LogP contribution in [0, 0.1) is 17.3 Å². The average molecular weight is 277 g/mol. The lowest BCUT2D eigenvalue weighted by molar-refractivity contribution is 0.112. The summed E-state index contributed by atoms with van der Waals surface area (Å²) in [4.78, 5) is 0. The van der Waals surface area contributed by atoms with Gasteiger partial charge in [-0.25, -0.2) is 0 Å². The number of nitrogens with zero attached hydrogens (tertiary/aromatic N) is 2. The maximum absolute atomic E-state index is 6.44. The van der Waals surface area contributed by atoms with E-state index in [2.05, 4.69) is 46.9 Å². The third kappa shape index (κ3) is 3.43. The molecule has 1 heterocycles. The van der Waals surface area contributed by atoms with E-state index in [0.29, 0.717) is 18.0 Å². The molecule has 0 saturated heterocycles. The topological polar surface area (TPSA) is 43.8 Å². The minimum Gasteiger partial charge on any atom is -0.327 e. The van der Waals surface area contributed by atoms with Gasteiger partial charge in [-0.15, -0.1) is 0 Å².